The van der Waals surface area contributed by atoms with E-state index in [9.17, 15) is 8.42 Å². The topological polar surface area (TPSA) is 62.6 Å². The van der Waals surface area contributed by atoms with E-state index >= 15 is 0 Å². The number of nitrogens with zero attached hydrogens (tertiary/aromatic N) is 1. The molecule has 0 atom stereocenters. The molecule has 1 saturated carbocycles. The first kappa shape index (κ1) is 13.6. The Hall–Kier alpha value is -0.850. The summed E-state index contributed by atoms with van der Waals surface area (Å²) in [6, 6.07) is 3.24. The van der Waals surface area contributed by atoms with Crippen molar-refractivity contribution in [2.75, 3.05) is 20.1 Å². The molecule has 2 rings (SSSR count). The van der Waals surface area contributed by atoms with E-state index in [0.717, 1.165) is 19.4 Å². The van der Waals surface area contributed by atoms with Gasteiger partial charge in [-0.15, -0.1) is 0 Å². The van der Waals surface area contributed by atoms with Gasteiger partial charge in [0, 0.05) is 13.6 Å². The maximum absolute atomic E-state index is 12.2. The number of furan rings is 1. The zero-order valence-corrected chi connectivity index (χ0v) is 11.7. The van der Waals surface area contributed by atoms with Crippen LogP contribution in [0.1, 0.15) is 25.5 Å². The maximum atomic E-state index is 12.2. The molecule has 1 aromatic heterocycles. The first-order valence-corrected chi connectivity index (χ1v) is 7.73. The molecule has 0 amide bonds. The fraction of sp³-hybridized carbons (Fsp3) is 0.667. The van der Waals surface area contributed by atoms with E-state index in [1.54, 1.807) is 13.1 Å². The molecule has 0 spiro atoms. The molecule has 5 nitrogen and oxygen atoms in total. The molecule has 0 radical (unpaired) electrons. The van der Waals surface area contributed by atoms with Gasteiger partial charge in [-0.3, -0.25) is 0 Å². The van der Waals surface area contributed by atoms with Crippen molar-refractivity contribution in [1.29, 1.82) is 0 Å². The average molecular weight is 272 g/mol. The van der Waals surface area contributed by atoms with E-state index < -0.39 is 10.0 Å². The van der Waals surface area contributed by atoms with Crippen molar-refractivity contribution in [3.63, 3.8) is 0 Å². The minimum absolute atomic E-state index is 0.0403. The molecule has 0 bridgehead atoms. The first-order valence-electron chi connectivity index (χ1n) is 6.29. The minimum Gasteiger partial charge on any atom is -0.447 e. The summed E-state index contributed by atoms with van der Waals surface area (Å²) in [6.07, 6.45) is 2.26. The van der Waals surface area contributed by atoms with E-state index in [-0.39, 0.29) is 5.09 Å². The molecule has 18 heavy (non-hydrogen) atoms. The quantitative estimate of drug-likeness (QED) is 0.815. The highest BCUT2D eigenvalue weighted by Crippen LogP contribution is 2.31. The molecular formula is C12H20N2O3S. The summed E-state index contributed by atoms with van der Waals surface area (Å²) >= 11 is 0. The van der Waals surface area contributed by atoms with Crippen LogP contribution in [0.3, 0.4) is 0 Å². The lowest BCUT2D eigenvalue weighted by atomic mass is 10.4. The molecule has 1 N–H and O–H groups in total. The van der Waals surface area contributed by atoms with Crippen LogP contribution < -0.4 is 5.32 Å². The van der Waals surface area contributed by atoms with Crippen molar-refractivity contribution in [3.8, 4) is 0 Å². The maximum Gasteiger partial charge on any atom is 0.276 e. The average Bonchev–Trinajstić information content (AvgIpc) is 3.01. The molecule has 1 aromatic rings. The van der Waals surface area contributed by atoms with Crippen LogP contribution >= 0.6 is 0 Å². The van der Waals surface area contributed by atoms with Crippen molar-refractivity contribution in [3.05, 3.63) is 17.9 Å². The SMILES string of the molecule is CCNCc1ccc(S(=O)(=O)N(C)CC2CC2)o1. The minimum atomic E-state index is -3.46. The third-order valence-electron chi connectivity index (χ3n) is 3.06. The summed E-state index contributed by atoms with van der Waals surface area (Å²) in [4.78, 5) is 0. The van der Waals surface area contributed by atoms with E-state index in [1.165, 1.54) is 10.4 Å². The van der Waals surface area contributed by atoms with Crippen LogP contribution in [-0.2, 0) is 16.6 Å². The van der Waals surface area contributed by atoms with Crippen LogP contribution in [0, 0.1) is 5.92 Å². The monoisotopic (exact) mass is 272 g/mol. The molecule has 1 fully saturated rings. The van der Waals surface area contributed by atoms with Gasteiger partial charge in [0.05, 0.1) is 6.54 Å². The van der Waals surface area contributed by atoms with Gasteiger partial charge in [0.1, 0.15) is 5.76 Å². The zero-order chi connectivity index (χ0) is 13.2. The van der Waals surface area contributed by atoms with Gasteiger partial charge in [-0.25, -0.2) is 8.42 Å². The Bertz CT molecular complexity index is 491. The molecule has 6 heteroatoms. The summed E-state index contributed by atoms with van der Waals surface area (Å²) < 4.78 is 31.2. The Morgan fingerprint density at radius 1 is 1.44 bits per heavy atom. The largest absolute Gasteiger partial charge is 0.447 e. The highest BCUT2D eigenvalue weighted by atomic mass is 32.2. The second-order valence-electron chi connectivity index (χ2n) is 4.73. The van der Waals surface area contributed by atoms with Crippen molar-refractivity contribution >= 4 is 10.0 Å². The third kappa shape index (κ3) is 3.13. The van der Waals surface area contributed by atoms with Crippen LogP contribution in [0.15, 0.2) is 21.6 Å². The van der Waals surface area contributed by atoms with Crippen LogP contribution in [0.4, 0.5) is 0 Å². The summed E-state index contributed by atoms with van der Waals surface area (Å²) in [5.74, 6) is 1.18. The molecule has 1 heterocycles. The Balaban J connectivity index is 2.05. The highest BCUT2D eigenvalue weighted by Gasteiger charge is 2.30. The normalized spacial score (nSPS) is 16.4. The molecule has 1 aliphatic carbocycles. The van der Waals surface area contributed by atoms with E-state index in [2.05, 4.69) is 5.32 Å². The first-order chi connectivity index (χ1) is 8.54. The number of rotatable bonds is 7. The summed E-state index contributed by atoms with van der Waals surface area (Å²) in [7, 11) is -1.85. The molecule has 0 saturated heterocycles. The fourth-order valence-electron chi connectivity index (χ4n) is 1.76. The second-order valence-corrected chi connectivity index (χ2v) is 6.71. The summed E-state index contributed by atoms with van der Waals surface area (Å²) in [5, 5.41) is 3.14. The van der Waals surface area contributed by atoms with Gasteiger partial charge >= 0.3 is 0 Å². The van der Waals surface area contributed by atoms with Crippen molar-refractivity contribution < 1.29 is 12.8 Å². The van der Waals surface area contributed by atoms with Gasteiger partial charge in [0.2, 0.25) is 5.09 Å². The molecule has 0 aromatic carbocycles. The number of hydrogen-bond acceptors (Lipinski definition) is 4. The van der Waals surface area contributed by atoms with Gasteiger partial charge in [0.25, 0.3) is 10.0 Å². The summed E-state index contributed by atoms with van der Waals surface area (Å²) in [5.41, 5.74) is 0. The van der Waals surface area contributed by atoms with Gasteiger partial charge in [-0.05, 0) is 37.4 Å². The Kier molecular flexibility index (Phi) is 4.09. The van der Waals surface area contributed by atoms with E-state index in [1.807, 2.05) is 6.92 Å². The van der Waals surface area contributed by atoms with Gasteiger partial charge < -0.3 is 9.73 Å². The molecule has 1 aliphatic rings. The highest BCUT2D eigenvalue weighted by molar-refractivity contribution is 7.89. The Morgan fingerprint density at radius 2 is 2.17 bits per heavy atom. The smallest absolute Gasteiger partial charge is 0.276 e. The van der Waals surface area contributed by atoms with Crippen molar-refractivity contribution in [1.82, 2.24) is 9.62 Å². The Labute approximate surface area is 108 Å². The number of sulfonamides is 1. The van der Waals surface area contributed by atoms with E-state index in [4.69, 9.17) is 4.42 Å². The van der Waals surface area contributed by atoms with Crippen molar-refractivity contribution in [2.24, 2.45) is 5.92 Å². The zero-order valence-electron chi connectivity index (χ0n) is 10.8. The van der Waals surface area contributed by atoms with Crippen LogP contribution in [0.25, 0.3) is 0 Å². The number of nitrogens with one attached hydrogen (secondary N) is 1. The molecular weight excluding hydrogens is 252 g/mol. The predicted molar refractivity (Wildman–Crippen MR) is 68.6 cm³/mol. The van der Waals surface area contributed by atoms with Crippen LogP contribution in [0.2, 0.25) is 0 Å². The van der Waals surface area contributed by atoms with Crippen LogP contribution in [0.5, 0.6) is 0 Å². The van der Waals surface area contributed by atoms with Crippen LogP contribution in [-0.4, -0.2) is 32.9 Å². The van der Waals surface area contributed by atoms with Gasteiger partial charge in [-0.1, -0.05) is 6.92 Å². The van der Waals surface area contributed by atoms with Crippen molar-refractivity contribution in [2.45, 2.75) is 31.4 Å². The fourth-order valence-corrected chi connectivity index (χ4v) is 2.92. The number of hydrogen-bond donors (Lipinski definition) is 1. The van der Waals surface area contributed by atoms with Gasteiger partial charge in [0.15, 0.2) is 0 Å². The second kappa shape index (κ2) is 5.42. The standard InChI is InChI=1S/C12H20N2O3S/c1-3-13-8-11-6-7-12(17-11)18(15,16)14(2)9-10-4-5-10/h6-7,10,13H,3-5,8-9H2,1-2H3. The summed E-state index contributed by atoms with van der Waals surface area (Å²) in [6.45, 7) is 3.96. The lowest BCUT2D eigenvalue weighted by Gasteiger charge is -2.14. The predicted octanol–water partition coefficient (Wildman–Crippen LogP) is 1.42. The van der Waals surface area contributed by atoms with Gasteiger partial charge in [-0.2, -0.15) is 4.31 Å². The molecule has 0 aliphatic heterocycles. The third-order valence-corrected chi connectivity index (χ3v) is 4.76. The Morgan fingerprint density at radius 3 is 2.78 bits per heavy atom. The lowest BCUT2D eigenvalue weighted by molar-refractivity contribution is 0.378. The lowest BCUT2D eigenvalue weighted by Crippen LogP contribution is -2.28. The molecule has 102 valence electrons. The molecule has 0 unspecified atom stereocenters. The van der Waals surface area contributed by atoms with E-state index in [0.29, 0.717) is 24.8 Å².